The van der Waals surface area contributed by atoms with Crippen LogP contribution in [0.25, 0.3) is 0 Å². The Morgan fingerprint density at radius 3 is 2.44 bits per heavy atom. The van der Waals surface area contributed by atoms with Crippen LogP contribution in [0, 0.1) is 5.92 Å². The van der Waals surface area contributed by atoms with Crippen LogP contribution < -0.4 is 10.5 Å². The molecule has 0 bridgehead atoms. The number of rotatable bonds is 5. The van der Waals surface area contributed by atoms with Crippen molar-refractivity contribution < 1.29 is 13.2 Å². The maximum atomic E-state index is 12.2. The summed E-state index contributed by atoms with van der Waals surface area (Å²) in [5.74, 6) is 0.737. The number of benzene rings is 1. The quantitative estimate of drug-likeness (QED) is 0.825. The van der Waals surface area contributed by atoms with E-state index in [0.717, 1.165) is 0 Å². The normalized spacial score (nSPS) is 12.1. The minimum Gasteiger partial charge on any atom is -0.495 e. The minimum absolute atomic E-state index is 0.184. The average Bonchev–Trinajstić information content (AvgIpc) is 2.27. The van der Waals surface area contributed by atoms with Gasteiger partial charge < -0.3 is 10.5 Å². The number of nitrogen functional groups attached to an aromatic ring is 1. The zero-order valence-electron chi connectivity index (χ0n) is 11.2. The van der Waals surface area contributed by atoms with Gasteiger partial charge in [0.25, 0.3) is 0 Å². The smallest absolute Gasteiger partial charge is 0.242 e. The second-order valence-corrected chi connectivity index (χ2v) is 6.63. The fourth-order valence-electron chi connectivity index (χ4n) is 1.67. The van der Waals surface area contributed by atoms with Crippen LogP contribution in [0.15, 0.2) is 23.1 Å². The first-order valence-corrected chi connectivity index (χ1v) is 7.13. The van der Waals surface area contributed by atoms with Gasteiger partial charge in [0, 0.05) is 13.6 Å². The molecule has 0 spiro atoms. The third kappa shape index (κ3) is 3.14. The van der Waals surface area contributed by atoms with Crippen LogP contribution in [0.4, 0.5) is 5.69 Å². The second kappa shape index (κ2) is 5.58. The third-order valence-electron chi connectivity index (χ3n) is 2.53. The van der Waals surface area contributed by atoms with Crippen molar-refractivity contribution in [2.45, 2.75) is 18.7 Å². The molecule has 0 aliphatic carbocycles. The Bertz CT molecular complexity index is 512. The van der Waals surface area contributed by atoms with Crippen molar-refractivity contribution in [2.75, 3.05) is 26.4 Å². The highest BCUT2D eigenvalue weighted by Crippen LogP contribution is 2.26. The van der Waals surface area contributed by atoms with Gasteiger partial charge in [-0.3, -0.25) is 0 Å². The van der Waals surface area contributed by atoms with Gasteiger partial charge in [0.1, 0.15) is 5.75 Å². The zero-order valence-corrected chi connectivity index (χ0v) is 12.0. The van der Waals surface area contributed by atoms with Gasteiger partial charge in [-0.2, -0.15) is 0 Å². The van der Waals surface area contributed by atoms with E-state index < -0.39 is 10.0 Å². The van der Waals surface area contributed by atoms with Gasteiger partial charge in [0.05, 0.1) is 17.7 Å². The minimum atomic E-state index is -3.48. The molecule has 102 valence electrons. The maximum Gasteiger partial charge on any atom is 0.242 e. The van der Waals surface area contributed by atoms with Crippen molar-refractivity contribution in [1.82, 2.24) is 4.31 Å². The molecule has 0 heterocycles. The summed E-state index contributed by atoms with van der Waals surface area (Å²) in [6, 6.07) is 4.48. The van der Waals surface area contributed by atoms with Gasteiger partial charge in [-0.25, -0.2) is 12.7 Å². The molecule has 0 unspecified atom stereocenters. The monoisotopic (exact) mass is 272 g/mol. The van der Waals surface area contributed by atoms with Gasteiger partial charge >= 0.3 is 0 Å². The van der Waals surface area contributed by atoms with E-state index in [1.54, 1.807) is 13.1 Å². The number of nitrogens with zero attached hydrogens (tertiary/aromatic N) is 1. The number of ether oxygens (including phenoxy) is 1. The lowest BCUT2D eigenvalue weighted by Gasteiger charge is -2.19. The van der Waals surface area contributed by atoms with E-state index in [-0.39, 0.29) is 10.8 Å². The van der Waals surface area contributed by atoms with Crippen molar-refractivity contribution in [3.8, 4) is 5.75 Å². The van der Waals surface area contributed by atoms with E-state index in [2.05, 4.69) is 0 Å². The largest absolute Gasteiger partial charge is 0.495 e. The highest BCUT2D eigenvalue weighted by atomic mass is 32.2. The molecule has 2 N–H and O–H groups in total. The Hall–Kier alpha value is -1.27. The molecule has 0 saturated heterocycles. The lowest BCUT2D eigenvalue weighted by atomic mass is 10.2. The van der Waals surface area contributed by atoms with Crippen LogP contribution in [0.5, 0.6) is 5.75 Å². The van der Waals surface area contributed by atoms with Crippen LogP contribution in [0.3, 0.4) is 0 Å². The van der Waals surface area contributed by atoms with Crippen LogP contribution in [0.2, 0.25) is 0 Å². The standard InChI is InChI=1S/C12H20N2O3S/c1-9(2)8-14(3)18(15,16)10-5-6-12(17-4)11(13)7-10/h5-7,9H,8,13H2,1-4H3. The Kier molecular flexibility index (Phi) is 4.59. The predicted molar refractivity (Wildman–Crippen MR) is 72.1 cm³/mol. The Balaban J connectivity index is 3.09. The van der Waals surface area contributed by atoms with Crippen molar-refractivity contribution in [2.24, 2.45) is 5.92 Å². The Morgan fingerprint density at radius 1 is 1.39 bits per heavy atom. The van der Waals surface area contributed by atoms with Gasteiger partial charge in [0.2, 0.25) is 10.0 Å². The number of hydrogen-bond donors (Lipinski definition) is 1. The van der Waals surface area contributed by atoms with E-state index in [4.69, 9.17) is 10.5 Å². The number of methoxy groups -OCH3 is 1. The van der Waals surface area contributed by atoms with Crippen molar-refractivity contribution >= 4 is 15.7 Å². The van der Waals surface area contributed by atoms with E-state index in [0.29, 0.717) is 18.0 Å². The molecular weight excluding hydrogens is 252 g/mol. The molecule has 0 aliphatic rings. The molecule has 0 aliphatic heterocycles. The molecule has 0 atom stereocenters. The lowest BCUT2D eigenvalue weighted by Crippen LogP contribution is -2.30. The molecule has 1 rings (SSSR count). The van der Waals surface area contributed by atoms with Crippen LogP contribution in [-0.2, 0) is 10.0 Å². The second-order valence-electron chi connectivity index (χ2n) is 4.58. The molecule has 1 aromatic carbocycles. The molecule has 0 fully saturated rings. The molecule has 1 aromatic rings. The molecular formula is C12H20N2O3S. The summed E-state index contributed by atoms with van der Waals surface area (Å²) in [5.41, 5.74) is 6.04. The van der Waals surface area contributed by atoms with E-state index in [9.17, 15) is 8.42 Å². The van der Waals surface area contributed by atoms with Gasteiger partial charge in [-0.05, 0) is 24.1 Å². The van der Waals surface area contributed by atoms with Crippen molar-refractivity contribution in [1.29, 1.82) is 0 Å². The zero-order chi connectivity index (χ0) is 13.9. The number of sulfonamides is 1. The molecule has 0 radical (unpaired) electrons. The summed E-state index contributed by atoms with van der Waals surface area (Å²) in [5, 5.41) is 0. The van der Waals surface area contributed by atoms with Crippen LogP contribution in [-0.4, -0.2) is 33.4 Å². The first-order chi connectivity index (χ1) is 8.28. The summed E-state index contributed by atoms with van der Waals surface area (Å²) < 4.78 is 30.8. The SMILES string of the molecule is COc1ccc(S(=O)(=O)N(C)CC(C)C)cc1N. The van der Waals surface area contributed by atoms with E-state index >= 15 is 0 Å². The summed E-state index contributed by atoms with van der Waals surface area (Å²) in [7, 11) is -0.428. The van der Waals surface area contributed by atoms with Crippen molar-refractivity contribution in [3.63, 3.8) is 0 Å². The Labute approximate surface area is 109 Å². The highest BCUT2D eigenvalue weighted by Gasteiger charge is 2.22. The van der Waals surface area contributed by atoms with E-state index in [1.807, 2.05) is 13.8 Å². The molecule has 0 saturated carbocycles. The van der Waals surface area contributed by atoms with Gasteiger partial charge in [-0.15, -0.1) is 0 Å². The Morgan fingerprint density at radius 2 is 2.00 bits per heavy atom. The summed E-state index contributed by atoms with van der Waals surface area (Å²) >= 11 is 0. The number of anilines is 1. The van der Waals surface area contributed by atoms with E-state index in [1.165, 1.54) is 23.5 Å². The lowest BCUT2D eigenvalue weighted by molar-refractivity contribution is 0.413. The maximum absolute atomic E-state index is 12.2. The first kappa shape index (κ1) is 14.8. The van der Waals surface area contributed by atoms with Crippen molar-refractivity contribution in [3.05, 3.63) is 18.2 Å². The van der Waals surface area contributed by atoms with Crippen LogP contribution in [0.1, 0.15) is 13.8 Å². The molecule has 5 nitrogen and oxygen atoms in total. The predicted octanol–water partition coefficient (Wildman–Crippen LogP) is 1.55. The molecule has 6 heteroatoms. The first-order valence-electron chi connectivity index (χ1n) is 5.69. The topological polar surface area (TPSA) is 72.6 Å². The summed E-state index contributed by atoms with van der Waals surface area (Å²) in [4.78, 5) is 0.184. The average molecular weight is 272 g/mol. The van der Waals surface area contributed by atoms with Crippen LogP contribution >= 0.6 is 0 Å². The molecule has 0 amide bonds. The fourth-order valence-corrected chi connectivity index (χ4v) is 3.04. The van der Waals surface area contributed by atoms with Gasteiger partial charge in [0.15, 0.2) is 0 Å². The number of nitrogens with two attached hydrogens (primary N) is 1. The summed E-state index contributed by atoms with van der Waals surface area (Å²) in [6.07, 6.45) is 0. The highest BCUT2D eigenvalue weighted by molar-refractivity contribution is 7.89. The molecule has 18 heavy (non-hydrogen) atoms. The summed E-state index contributed by atoms with van der Waals surface area (Å²) in [6.45, 7) is 4.40. The molecule has 0 aromatic heterocycles. The fraction of sp³-hybridized carbons (Fsp3) is 0.500. The third-order valence-corrected chi connectivity index (χ3v) is 4.35. The number of hydrogen-bond acceptors (Lipinski definition) is 4. The van der Waals surface area contributed by atoms with Gasteiger partial charge in [-0.1, -0.05) is 13.8 Å².